The smallest absolute Gasteiger partial charge is 0.311 e. The van der Waals surface area contributed by atoms with Gasteiger partial charge in [0.15, 0.2) is 0 Å². The molecule has 2 aromatic heterocycles. The van der Waals surface area contributed by atoms with E-state index < -0.39 is 4.92 Å². The van der Waals surface area contributed by atoms with Crippen molar-refractivity contribution < 1.29 is 14.2 Å². The third kappa shape index (κ3) is 2.27. The topological polar surface area (TPSA) is 104 Å². The number of nitro groups is 1. The predicted molar refractivity (Wildman–Crippen MR) is 72.2 cm³/mol. The first-order valence-corrected chi connectivity index (χ1v) is 6.06. The monoisotopic (exact) mass is 286 g/mol. The minimum absolute atomic E-state index is 0.103. The van der Waals surface area contributed by atoms with Crippen molar-refractivity contribution in [3.8, 4) is 11.6 Å². The minimum Gasteiger partial charge on any atom is -0.431 e. The molecule has 0 N–H and O–H groups in total. The highest BCUT2D eigenvalue weighted by Crippen LogP contribution is 2.34. The number of rotatable bonds is 3. The third-order valence-corrected chi connectivity index (χ3v) is 2.93. The van der Waals surface area contributed by atoms with Gasteiger partial charge in [0.25, 0.3) is 5.71 Å². The van der Waals surface area contributed by atoms with Crippen molar-refractivity contribution in [2.24, 2.45) is 0 Å². The van der Waals surface area contributed by atoms with Crippen molar-refractivity contribution in [3.05, 3.63) is 45.9 Å². The summed E-state index contributed by atoms with van der Waals surface area (Å²) in [7, 11) is 0. The van der Waals surface area contributed by atoms with Gasteiger partial charge in [-0.05, 0) is 25.5 Å². The third-order valence-electron chi connectivity index (χ3n) is 2.93. The molecule has 8 heteroatoms. The van der Waals surface area contributed by atoms with Crippen molar-refractivity contribution in [2.75, 3.05) is 0 Å². The molecule has 0 aliphatic heterocycles. The fraction of sp³-hybridized carbons (Fsp3) is 0.154. The molecule has 0 aliphatic carbocycles. The van der Waals surface area contributed by atoms with Crippen LogP contribution in [0.25, 0.3) is 11.1 Å². The van der Waals surface area contributed by atoms with Crippen LogP contribution in [-0.4, -0.2) is 20.0 Å². The zero-order valence-electron chi connectivity index (χ0n) is 11.2. The Kier molecular flexibility index (Phi) is 2.98. The molecule has 106 valence electrons. The molecule has 2 heterocycles. The van der Waals surface area contributed by atoms with Gasteiger partial charge in [0.05, 0.1) is 10.6 Å². The number of nitrogens with zero attached hydrogens (tertiary/aromatic N) is 4. The molecule has 0 fully saturated rings. The van der Waals surface area contributed by atoms with E-state index in [0.717, 1.165) is 5.56 Å². The minimum atomic E-state index is -0.499. The Morgan fingerprint density at radius 2 is 2.10 bits per heavy atom. The lowest BCUT2D eigenvalue weighted by Crippen LogP contribution is -1.96. The average molecular weight is 286 g/mol. The van der Waals surface area contributed by atoms with Gasteiger partial charge in [0.1, 0.15) is 11.7 Å². The molecule has 0 aliphatic rings. The number of aromatic nitrogens is 3. The van der Waals surface area contributed by atoms with Crippen LogP contribution in [0, 0.1) is 24.0 Å². The summed E-state index contributed by atoms with van der Waals surface area (Å²) in [4.78, 5) is 18.5. The largest absolute Gasteiger partial charge is 0.431 e. The zero-order valence-corrected chi connectivity index (χ0v) is 11.2. The van der Waals surface area contributed by atoms with Gasteiger partial charge in [-0.3, -0.25) is 10.1 Å². The van der Waals surface area contributed by atoms with Crippen molar-refractivity contribution >= 4 is 16.8 Å². The summed E-state index contributed by atoms with van der Waals surface area (Å²) in [6, 6.07) is 4.69. The summed E-state index contributed by atoms with van der Waals surface area (Å²) < 4.78 is 10.6. The molecule has 0 saturated heterocycles. The van der Waals surface area contributed by atoms with Crippen molar-refractivity contribution in [2.45, 2.75) is 13.8 Å². The van der Waals surface area contributed by atoms with E-state index in [0.29, 0.717) is 11.1 Å². The van der Waals surface area contributed by atoms with Crippen LogP contribution in [0.1, 0.15) is 11.3 Å². The number of hydrogen-bond donors (Lipinski definition) is 0. The van der Waals surface area contributed by atoms with Crippen LogP contribution in [0.15, 0.2) is 29.0 Å². The maximum atomic E-state index is 11.1. The fourth-order valence-corrected chi connectivity index (χ4v) is 1.93. The maximum absolute atomic E-state index is 11.1. The Labute approximate surface area is 118 Å². The summed E-state index contributed by atoms with van der Waals surface area (Å²) in [6.45, 7) is 3.48. The van der Waals surface area contributed by atoms with E-state index >= 15 is 0 Å². The number of benzene rings is 1. The highest BCUT2D eigenvalue weighted by molar-refractivity contribution is 5.81. The van der Waals surface area contributed by atoms with Gasteiger partial charge in [-0.25, -0.2) is 4.98 Å². The van der Waals surface area contributed by atoms with Crippen LogP contribution in [0.3, 0.4) is 0 Å². The van der Waals surface area contributed by atoms with Gasteiger partial charge in [-0.2, -0.15) is 4.98 Å². The second kappa shape index (κ2) is 4.82. The molecular weight excluding hydrogens is 276 g/mol. The molecule has 8 nitrogen and oxygen atoms in total. The summed E-state index contributed by atoms with van der Waals surface area (Å²) >= 11 is 0. The van der Waals surface area contributed by atoms with Gasteiger partial charge in [-0.1, -0.05) is 11.2 Å². The molecule has 0 saturated carbocycles. The average Bonchev–Trinajstić information content (AvgIpc) is 2.83. The Bertz CT molecular complexity index is 843. The Morgan fingerprint density at radius 3 is 2.86 bits per heavy atom. The molecule has 1 aromatic carbocycles. The summed E-state index contributed by atoms with van der Waals surface area (Å²) in [5.41, 5.74) is 1.46. The zero-order chi connectivity index (χ0) is 15.0. The molecule has 0 spiro atoms. The Morgan fingerprint density at radius 1 is 1.29 bits per heavy atom. The number of nitro benzene ring substituents is 1. The summed E-state index contributed by atoms with van der Waals surface area (Å²) in [5, 5.41) is 15.4. The van der Waals surface area contributed by atoms with E-state index in [1.807, 2.05) is 0 Å². The first-order chi connectivity index (χ1) is 10.1. The quantitative estimate of drug-likeness (QED) is 0.538. The van der Waals surface area contributed by atoms with E-state index in [1.54, 1.807) is 19.9 Å². The lowest BCUT2D eigenvalue weighted by molar-refractivity contribution is -0.385. The van der Waals surface area contributed by atoms with Gasteiger partial charge < -0.3 is 9.26 Å². The molecule has 0 amide bonds. The molecule has 0 unspecified atom stereocenters. The molecule has 0 radical (unpaired) electrons. The second-order valence-electron chi connectivity index (χ2n) is 4.46. The highest BCUT2D eigenvalue weighted by Gasteiger charge is 2.19. The number of ether oxygens (including phenoxy) is 1. The summed E-state index contributed by atoms with van der Waals surface area (Å²) in [6.07, 6.45) is 1.25. The number of aryl methyl sites for hydroxylation is 2. The molecular formula is C13H10N4O4. The molecule has 0 atom stereocenters. The first-order valence-electron chi connectivity index (χ1n) is 6.06. The summed E-state index contributed by atoms with van der Waals surface area (Å²) in [5.74, 6) is 0.275. The fourth-order valence-electron chi connectivity index (χ4n) is 1.93. The van der Waals surface area contributed by atoms with Crippen LogP contribution in [0.5, 0.6) is 11.6 Å². The molecule has 21 heavy (non-hydrogen) atoms. The number of fused-ring (bicyclic) bond motifs is 1. The molecule has 3 aromatic rings. The van der Waals surface area contributed by atoms with Gasteiger partial charge in [0, 0.05) is 6.07 Å². The highest BCUT2D eigenvalue weighted by atomic mass is 16.6. The van der Waals surface area contributed by atoms with E-state index in [1.165, 1.54) is 18.5 Å². The van der Waals surface area contributed by atoms with Crippen LogP contribution < -0.4 is 4.74 Å². The van der Waals surface area contributed by atoms with Crippen LogP contribution in [0.2, 0.25) is 0 Å². The lowest BCUT2D eigenvalue weighted by atomic mass is 10.2. The van der Waals surface area contributed by atoms with E-state index in [4.69, 9.17) is 9.26 Å². The van der Waals surface area contributed by atoms with Crippen LogP contribution in [0.4, 0.5) is 5.69 Å². The van der Waals surface area contributed by atoms with Gasteiger partial charge in [0.2, 0.25) is 11.6 Å². The van der Waals surface area contributed by atoms with Crippen molar-refractivity contribution in [1.82, 2.24) is 15.1 Å². The molecule has 0 bridgehead atoms. The predicted octanol–water partition coefficient (Wildman–Crippen LogP) is 2.94. The van der Waals surface area contributed by atoms with Gasteiger partial charge in [-0.15, -0.1) is 0 Å². The van der Waals surface area contributed by atoms with Crippen molar-refractivity contribution in [3.63, 3.8) is 0 Å². The van der Waals surface area contributed by atoms with E-state index in [9.17, 15) is 10.1 Å². The van der Waals surface area contributed by atoms with Gasteiger partial charge >= 0.3 is 5.69 Å². The second-order valence-corrected chi connectivity index (χ2v) is 4.46. The van der Waals surface area contributed by atoms with E-state index in [2.05, 4.69) is 15.1 Å². The normalized spacial score (nSPS) is 10.8. The Balaban J connectivity index is 2.11. The standard InChI is InChI=1S/C13H10N4O4/c1-7-3-4-10(9(5-7)17(18)19)20-12-11-8(2)16-21-13(11)15-6-14-12/h3-6H,1-2H3. The number of hydrogen-bond acceptors (Lipinski definition) is 7. The first kappa shape index (κ1) is 13.0. The van der Waals surface area contributed by atoms with Crippen LogP contribution >= 0.6 is 0 Å². The van der Waals surface area contributed by atoms with Crippen LogP contribution in [-0.2, 0) is 0 Å². The SMILES string of the molecule is Cc1ccc(Oc2ncnc3onc(C)c23)c([N+](=O)[O-])c1. The molecule has 3 rings (SSSR count). The lowest BCUT2D eigenvalue weighted by Gasteiger charge is -2.06. The maximum Gasteiger partial charge on any atom is 0.311 e. The Hall–Kier alpha value is -3.03. The van der Waals surface area contributed by atoms with Crippen molar-refractivity contribution in [1.29, 1.82) is 0 Å². The van der Waals surface area contributed by atoms with E-state index in [-0.39, 0.29) is 23.0 Å².